The molecule has 0 unspecified atom stereocenters. The van der Waals surface area contributed by atoms with Crippen molar-refractivity contribution in [2.45, 2.75) is 30.1 Å². The van der Waals surface area contributed by atoms with Crippen molar-refractivity contribution in [3.8, 4) is 0 Å². The van der Waals surface area contributed by atoms with Crippen molar-refractivity contribution in [1.29, 1.82) is 0 Å². The average Bonchev–Trinajstić information content (AvgIpc) is 2.72. The Kier molecular flexibility index (Phi) is 4.03. The quantitative estimate of drug-likeness (QED) is 0.621. The van der Waals surface area contributed by atoms with E-state index in [2.05, 4.69) is 15.2 Å². The predicted octanol–water partition coefficient (Wildman–Crippen LogP) is 1.02. The fourth-order valence-electron chi connectivity index (χ4n) is 1.56. The van der Waals surface area contributed by atoms with E-state index in [-0.39, 0.29) is 17.2 Å². The summed E-state index contributed by atoms with van der Waals surface area (Å²) in [4.78, 5) is 25.5. The zero-order valence-electron chi connectivity index (χ0n) is 10.6. The van der Waals surface area contributed by atoms with Crippen LogP contribution in [0.2, 0.25) is 0 Å². The van der Waals surface area contributed by atoms with Gasteiger partial charge in [-0.25, -0.2) is 14.9 Å². The van der Waals surface area contributed by atoms with E-state index in [9.17, 15) is 14.9 Å². The number of nitrogen functional groups attached to an aromatic ring is 1. The number of anilines is 1. The fraction of sp³-hybridized carbons (Fsp3) is 0.300. The monoisotopic (exact) mass is 296 g/mol. The topological polar surface area (TPSA) is 133 Å². The van der Waals surface area contributed by atoms with Crippen molar-refractivity contribution in [2.75, 3.05) is 5.73 Å². The highest BCUT2D eigenvalue weighted by Gasteiger charge is 2.15. The number of aromatic nitrogens is 4. The summed E-state index contributed by atoms with van der Waals surface area (Å²) < 4.78 is 1.48. The molecule has 2 aromatic heterocycles. The fourth-order valence-corrected chi connectivity index (χ4v) is 2.40. The van der Waals surface area contributed by atoms with Crippen molar-refractivity contribution in [1.82, 2.24) is 19.7 Å². The van der Waals surface area contributed by atoms with Gasteiger partial charge in [-0.05, 0) is 24.2 Å². The minimum atomic E-state index is -0.599. The van der Waals surface area contributed by atoms with Crippen LogP contribution in [0, 0.1) is 10.1 Å². The predicted molar refractivity (Wildman–Crippen MR) is 72.6 cm³/mol. The maximum atomic E-state index is 11.5. The summed E-state index contributed by atoms with van der Waals surface area (Å²) in [6.45, 7) is 2.47. The second-order valence-electron chi connectivity index (χ2n) is 3.88. The smallest absolute Gasteiger partial charge is 0.343 e. The number of hydrogen-bond acceptors (Lipinski definition) is 7. The number of H-pyrrole nitrogens is 1. The van der Waals surface area contributed by atoms with Crippen LogP contribution < -0.4 is 11.4 Å². The second-order valence-corrected chi connectivity index (χ2v) is 4.86. The van der Waals surface area contributed by atoms with Gasteiger partial charge >= 0.3 is 11.4 Å². The van der Waals surface area contributed by atoms with E-state index in [1.807, 2.05) is 6.92 Å². The van der Waals surface area contributed by atoms with E-state index >= 15 is 0 Å². The number of nitrogens with zero attached hydrogens (tertiary/aromatic N) is 4. The highest BCUT2D eigenvalue weighted by Crippen LogP contribution is 2.27. The Bertz CT molecular complexity index is 695. The lowest BCUT2D eigenvalue weighted by Gasteiger charge is -2.03. The molecule has 0 aliphatic rings. The first-order chi connectivity index (χ1) is 9.52. The van der Waals surface area contributed by atoms with Gasteiger partial charge in [0.25, 0.3) is 0 Å². The molecule has 0 aliphatic carbocycles. The van der Waals surface area contributed by atoms with Crippen molar-refractivity contribution < 1.29 is 4.92 Å². The zero-order chi connectivity index (χ0) is 14.7. The van der Waals surface area contributed by atoms with Crippen molar-refractivity contribution in [3.05, 3.63) is 32.7 Å². The number of nitro groups is 1. The lowest BCUT2D eigenvalue weighted by Crippen LogP contribution is -2.17. The Hall–Kier alpha value is -2.36. The van der Waals surface area contributed by atoms with Crippen LogP contribution in [-0.2, 0) is 6.54 Å². The zero-order valence-corrected chi connectivity index (χ0v) is 11.4. The van der Waals surface area contributed by atoms with Crippen LogP contribution in [0.3, 0.4) is 0 Å². The van der Waals surface area contributed by atoms with Gasteiger partial charge in [0.05, 0.1) is 4.92 Å². The van der Waals surface area contributed by atoms with E-state index in [1.54, 1.807) is 0 Å². The van der Waals surface area contributed by atoms with Gasteiger partial charge in [0.2, 0.25) is 5.82 Å². The summed E-state index contributed by atoms with van der Waals surface area (Å²) in [7, 11) is 0. The summed E-state index contributed by atoms with van der Waals surface area (Å²) in [5.74, 6) is -0.167. The van der Waals surface area contributed by atoms with Gasteiger partial charge in [0, 0.05) is 12.6 Å². The largest absolute Gasteiger partial charge is 0.378 e. The lowest BCUT2D eigenvalue weighted by molar-refractivity contribution is -0.384. The Morgan fingerprint density at radius 1 is 1.55 bits per heavy atom. The Balaban J connectivity index is 2.29. The number of pyridine rings is 1. The van der Waals surface area contributed by atoms with Crippen LogP contribution in [-0.4, -0.2) is 24.7 Å². The molecule has 0 spiro atoms. The minimum absolute atomic E-state index is 0.167. The molecule has 9 nitrogen and oxygen atoms in total. The molecule has 0 radical (unpaired) electrons. The SMILES string of the molecule is CCCn1c(Sc2ccc([N+](=O)[O-])c(N)n2)n[nH]c1=O. The van der Waals surface area contributed by atoms with E-state index in [0.717, 1.165) is 18.2 Å². The third-order valence-electron chi connectivity index (χ3n) is 2.44. The number of rotatable bonds is 5. The van der Waals surface area contributed by atoms with E-state index in [1.165, 1.54) is 16.7 Å². The van der Waals surface area contributed by atoms with Gasteiger partial charge in [-0.15, -0.1) is 5.10 Å². The first-order valence-electron chi connectivity index (χ1n) is 5.77. The first-order valence-corrected chi connectivity index (χ1v) is 6.58. The molecular formula is C10H12N6O3S. The van der Waals surface area contributed by atoms with Gasteiger partial charge in [-0.3, -0.25) is 14.7 Å². The lowest BCUT2D eigenvalue weighted by atomic mass is 10.4. The van der Waals surface area contributed by atoms with Gasteiger partial charge in [-0.2, -0.15) is 0 Å². The second kappa shape index (κ2) is 5.74. The third kappa shape index (κ3) is 2.79. The average molecular weight is 296 g/mol. The maximum Gasteiger partial charge on any atom is 0.343 e. The normalized spacial score (nSPS) is 10.7. The number of nitrogens with two attached hydrogens (primary N) is 1. The van der Waals surface area contributed by atoms with Crippen LogP contribution in [0.1, 0.15) is 13.3 Å². The molecule has 0 atom stereocenters. The third-order valence-corrected chi connectivity index (χ3v) is 3.37. The van der Waals surface area contributed by atoms with Gasteiger partial charge in [0.1, 0.15) is 5.03 Å². The van der Waals surface area contributed by atoms with Gasteiger partial charge in [-0.1, -0.05) is 6.92 Å². The molecule has 0 aromatic carbocycles. The summed E-state index contributed by atoms with van der Waals surface area (Å²) in [5.41, 5.74) is 4.97. The molecule has 2 rings (SSSR count). The summed E-state index contributed by atoms with van der Waals surface area (Å²) in [6, 6.07) is 2.74. The standard InChI is InChI=1S/C10H12N6O3S/c1-2-5-15-9(17)13-14-10(15)20-7-4-3-6(16(18)19)8(11)12-7/h3-4H,2,5H2,1H3,(H2,11,12)(H,13,17). The highest BCUT2D eigenvalue weighted by molar-refractivity contribution is 7.99. The molecule has 0 saturated carbocycles. The summed E-state index contributed by atoms with van der Waals surface area (Å²) >= 11 is 1.12. The summed E-state index contributed by atoms with van der Waals surface area (Å²) in [5, 5.41) is 17.8. The molecule has 0 aliphatic heterocycles. The molecule has 10 heteroatoms. The maximum absolute atomic E-state index is 11.5. The molecule has 20 heavy (non-hydrogen) atoms. The molecule has 2 aromatic rings. The number of nitrogens with one attached hydrogen (secondary N) is 1. The van der Waals surface area contributed by atoms with Crippen LogP contribution in [0.5, 0.6) is 0 Å². The highest BCUT2D eigenvalue weighted by atomic mass is 32.2. The summed E-state index contributed by atoms with van der Waals surface area (Å²) in [6.07, 6.45) is 0.781. The molecule has 3 N–H and O–H groups in total. The Morgan fingerprint density at radius 2 is 2.30 bits per heavy atom. The van der Waals surface area contributed by atoms with E-state index in [0.29, 0.717) is 16.7 Å². The molecule has 2 heterocycles. The first kappa shape index (κ1) is 14.1. The molecule has 0 bridgehead atoms. The molecule has 0 saturated heterocycles. The number of hydrogen-bond donors (Lipinski definition) is 2. The molecular weight excluding hydrogens is 284 g/mol. The Morgan fingerprint density at radius 3 is 2.90 bits per heavy atom. The van der Waals surface area contributed by atoms with E-state index in [4.69, 9.17) is 5.73 Å². The van der Waals surface area contributed by atoms with Crippen molar-refractivity contribution >= 4 is 23.3 Å². The Labute approximate surface area is 117 Å². The molecule has 0 fully saturated rings. The van der Waals surface area contributed by atoms with Gasteiger partial charge < -0.3 is 5.73 Å². The number of aromatic amines is 1. The molecule has 106 valence electrons. The van der Waals surface area contributed by atoms with Crippen LogP contribution >= 0.6 is 11.8 Å². The van der Waals surface area contributed by atoms with Crippen LogP contribution in [0.15, 0.2) is 27.1 Å². The van der Waals surface area contributed by atoms with E-state index < -0.39 is 4.92 Å². The minimum Gasteiger partial charge on any atom is -0.378 e. The van der Waals surface area contributed by atoms with Crippen molar-refractivity contribution in [2.24, 2.45) is 0 Å². The van der Waals surface area contributed by atoms with Crippen molar-refractivity contribution in [3.63, 3.8) is 0 Å². The van der Waals surface area contributed by atoms with Gasteiger partial charge in [0.15, 0.2) is 5.16 Å². The van der Waals surface area contributed by atoms with Crippen LogP contribution in [0.4, 0.5) is 11.5 Å². The molecule has 0 amide bonds. The van der Waals surface area contributed by atoms with Crippen LogP contribution in [0.25, 0.3) is 0 Å².